The maximum Gasteiger partial charge on any atom is 0.0306 e. The lowest BCUT2D eigenvalue weighted by Gasteiger charge is -2.46. The average molecular weight is 252 g/mol. The minimum absolute atomic E-state index is 0.275. The third-order valence-electron chi connectivity index (χ3n) is 4.38. The van der Waals surface area contributed by atoms with Gasteiger partial charge in [0.05, 0.1) is 0 Å². The molecule has 0 saturated carbocycles. The van der Waals surface area contributed by atoms with Gasteiger partial charge in [-0.05, 0) is 65.6 Å². The zero-order valence-electron chi connectivity index (χ0n) is 12.7. The summed E-state index contributed by atoms with van der Waals surface area (Å²) in [5.41, 5.74) is 0.275. The topological polar surface area (TPSA) is 15.3 Å². The van der Waals surface area contributed by atoms with Gasteiger partial charge in [-0.25, -0.2) is 0 Å². The van der Waals surface area contributed by atoms with Gasteiger partial charge in [-0.1, -0.05) is 19.4 Å². The molecule has 0 amide bonds. The van der Waals surface area contributed by atoms with Crippen molar-refractivity contribution in [1.29, 1.82) is 0 Å². The van der Waals surface area contributed by atoms with Crippen molar-refractivity contribution >= 4 is 0 Å². The van der Waals surface area contributed by atoms with E-state index in [2.05, 4.69) is 37.6 Å². The molecule has 2 nitrogen and oxygen atoms in total. The van der Waals surface area contributed by atoms with Crippen LogP contribution in [0.1, 0.15) is 59.3 Å². The van der Waals surface area contributed by atoms with Crippen molar-refractivity contribution in [2.24, 2.45) is 0 Å². The molecule has 1 rings (SSSR count). The van der Waals surface area contributed by atoms with Crippen molar-refractivity contribution < 1.29 is 0 Å². The summed E-state index contributed by atoms with van der Waals surface area (Å²) >= 11 is 0. The Kier molecular flexibility index (Phi) is 6.95. The van der Waals surface area contributed by atoms with Gasteiger partial charge in [-0.3, -0.25) is 4.90 Å². The Bertz CT molecular complexity index is 229. The fourth-order valence-corrected chi connectivity index (χ4v) is 3.11. The Morgan fingerprint density at radius 3 is 2.50 bits per heavy atom. The van der Waals surface area contributed by atoms with Gasteiger partial charge >= 0.3 is 0 Å². The minimum atomic E-state index is 0.275. The zero-order valence-corrected chi connectivity index (χ0v) is 12.7. The van der Waals surface area contributed by atoms with E-state index in [1.165, 1.54) is 45.2 Å². The number of nitrogens with one attached hydrogen (secondary N) is 1. The molecule has 1 atom stereocenters. The lowest BCUT2D eigenvalue weighted by Crippen LogP contribution is -2.58. The fraction of sp³-hybridized carbons (Fsp3) is 0.875. The van der Waals surface area contributed by atoms with Crippen LogP contribution in [0.2, 0.25) is 0 Å². The number of unbranched alkanes of at least 4 members (excludes halogenated alkanes) is 1. The number of likely N-dealkylation sites (N-methyl/N-ethyl adjacent to an activating group) is 1. The van der Waals surface area contributed by atoms with Crippen LogP contribution in [0.3, 0.4) is 0 Å². The second kappa shape index (κ2) is 7.96. The second-order valence-electron chi connectivity index (χ2n) is 6.03. The van der Waals surface area contributed by atoms with Crippen LogP contribution in [0, 0.1) is 0 Å². The van der Waals surface area contributed by atoms with Crippen LogP contribution in [0.15, 0.2) is 12.7 Å². The Balaban J connectivity index is 2.58. The van der Waals surface area contributed by atoms with E-state index in [-0.39, 0.29) is 5.54 Å². The van der Waals surface area contributed by atoms with E-state index >= 15 is 0 Å². The summed E-state index contributed by atoms with van der Waals surface area (Å²) in [6, 6.07) is 0.598. The van der Waals surface area contributed by atoms with Gasteiger partial charge in [0, 0.05) is 11.6 Å². The fourth-order valence-electron chi connectivity index (χ4n) is 3.11. The quantitative estimate of drug-likeness (QED) is 0.524. The number of likely N-dealkylation sites (tertiary alicyclic amines) is 1. The third kappa shape index (κ3) is 4.40. The Labute approximate surface area is 114 Å². The van der Waals surface area contributed by atoms with Crippen molar-refractivity contribution in [2.75, 3.05) is 19.6 Å². The smallest absolute Gasteiger partial charge is 0.0306 e. The predicted molar refractivity (Wildman–Crippen MR) is 81.0 cm³/mol. The molecule has 106 valence electrons. The van der Waals surface area contributed by atoms with E-state index in [1.807, 2.05) is 6.08 Å². The molecule has 1 unspecified atom stereocenters. The lowest BCUT2D eigenvalue weighted by molar-refractivity contribution is 0.0582. The highest BCUT2D eigenvalue weighted by Gasteiger charge is 2.34. The molecule has 1 saturated heterocycles. The van der Waals surface area contributed by atoms with Crippen LogP contribution in [-0.4, -0.2) is 36.1 Å². The number of nitrogens with zero attached hydrogens (tertiary/aromatic N) is 1. The molecule has 1 fully saturated rings. The Morgan fingerprint density at radius 2 is 1.94 bits per heavy atom. The first kappa shape index (κ1) is 15.7. The van der Waals surface area contributed by atoms with Gasteiger partial charge in [-0.15, -0.1) is 6.58 Å². The predicted octanol–water partition coefficient (Wildman–Crippen LogP) is 3.59. The monoisotopic (exact) mass is 252 g/mol. The first-order valence-electron chi connectivity index (χ1n) is 7.72. The van der Waals surface area contributed by atoms with Crippen LogP contribution < -0.4 is 5.32 Å². The van der Waals surface area contributed by atoms with E-state index in [4.69, 9.17) is 0 Å². The summed E-state index contributed by atoms with van der Waals surface area (Å²) in [5, 5.41) is 3.70. The summed E-state index contributed by atoms with van der Waals surface area (Å²) in [5.74, 6) is 0. The standard InChI is InChI=1S/C16H32N2/c1-5-7-9-12-15(17-6-2)16(3,4)18-13-10-8-11-14-18/h5,15,17H,1,6-14H2,2-4H3. The first-order valence-corrected chi connectivity index (χ1v) is 7.72. The van der Waals surface area contributed by atoms with E-state index in [9.17, 15) is 0 Å². The summed E-state index contributed by atoms with van der Waals surface area (Å²) in [6.45, 7) is 14.5. The van der Waals surface area contributed by atoms with E-state index in [0.717, 1.165) is 13.0 Å². The summed E-state index contributed by atoms with van der Waals surface area (Å²) in [6.07, 6.45) is 9.83. The van der Waals surface area contributed by atoms with Gasteiger partial charge in [0.15, 0.2) is 0 Å². The number of allylic oxidation sites excluding steroid dienone is 1. The van der Waals surface area contributed by atoms with Crippen LogP contribution >= 0.6 is 0 Å². The molecule has 0 radical (unpaired) electrons. The van der Waals surface area contributed by atoms with Crippen molar-refractivity contribution in [3.05, 3.63) is 12.7 Å². The Morgan fingerprint density at radius 1 is 1.28 bits per heavy atom. The van der Waals surface area contributed by atoms with E-state index in [1.54, 1.807) is 0 Å². The molecular formula is C16H32N2. The minimum Gasteiger partial charge on any atom is -0.312 e. The SMILES string of the molecule is C=CCCCC(NCC)C(C)(C)N1CCCCC1. The first-order chi connectivity index (χ1) is 8.62. The largest absolute Gasteiger partial charge is 0.312 e. The normalized spacial score (nSPS) is 19.7. The maximum absolute atomic E-state index is 3.82. The van der Waals surface area contributed by atoms with Gasteiger partial charge < -0.3 is 5.32 Å². The molecule has 2 heteroatoms. The number of hydrogen-bond acceptors (Lipinski definition) is 2. The molecular weight excluding hydrogens is 220 g/mol. The second-order valence-corrected chi connectivity index (χ2v) is 6.03. The number of rotatable bonds is 8. The molecule has 0 aromatic rings. The van der Waals surface area contributed by atoms with Crippen LogP contribution in [0.5, 0.6) is 0 Å². The summed E-state index contributed by atoms with van der Waals surface area (Å²) in [7, 11) is 0. The molecule has 0 aromatic heterocycles. The van der Waals surface area contributed by atoms with Gasteiger partial charge in [-0.2, -0.15) is 0 Å². The molecule has 0 aromatic carbocycles. The molecule has 18 heavy (non-hydrogen) atoms. The Hall–Kier alpha value is -0.340. The molecule has 1 aliphatic rings. The van der Waals surface area contributed by atoms with Crippen molar-refractivity contribution in [1.82, 2.24) is 10.2 Å². The summed E-state index contributed by atoms with van der Waals surface area (Å²) in [4.78, 5) is 2.69. The number of hydrogen-bond donors (Lipinski definition) is 1. The number of piperidine rings is 1. The molecule has 1 heterocycles. The van der Waals surface area contributed by atoms with Gasteiger partial charge in [0.25, 0.3) is 0 Å². The molecule has 0 spiro atoms. The van der Waals surface area contributed by atoms with Crippen molar-refractivity contribution in [2.45, 2.75) is 70.9 Å². The van der Waals surface area contributed by atoms with Crippen molar-refractivity contribution in [3.63, 3.8) is 0 Å². The van der Waals surface area contributed by atoms with Crippen LogP contribution in [-0.2, 0) is 0 Å². The van der Waals surface area contributed by atoms with Gasteiger partial charge in [0.2, 0.25) is 0 Å². The zero-order chi connectivity index (χ0) is 13.4. The lowest BCUT2D eigenvalue weighted by atomic mass is 9.87. The van der Waals surface area contributed by atoms with Crippen LogP contribution in [0.25, 0.3) is 0 Å². The third-order valence-corrected chi connectivity index (χ3v) is 4.38. The highest BCUT2D eigenvalue weighted by molar-refractivity contribution is 4.94. The van der Waals surface area contributed by atoms with Crippen molar-refractivity contribution in [3.8, 4) is 0 Å². The van der Waals surface area contributed by atoms with Crippen LogP contribution in [0.4, 0.5) is 0 Å². The molecule has 1 aliphatic heterocycles. The molecule has 0 bridgehead atoms. The van der Waals surface area contributed by atoms with E-state index in [0.29, 0.717) is 6.04 Å². The maximum atomic E-state index is 3.82. The summed E-state index contributed by atoms with van der Waals surface area (Å²) < 4.78 is 0. The van der Waals surface area contributed by atoms with Gasteiger partial charge in [0.1, 0.15) is 0 Å². The average Bonchev–Trinajstić information content (AvgIpc) is 2.39. The van der Waals surface area contributed by atoms with E-state index < -0.39 is 0 Å². The highest BCUT2D eigenvalue weighted by Crippen LogP contribution is 2.26. The molecule has 0 aliphatic carbocycles. The molecule has 1 N–H and O–H groups in total. The highest BCUT2D eigenvalue weighted by atomic mass is 15.2.